The van der Waals surface area contributed by atoms with Crippen molar-refractivity contribution in [1.29, 1.82) is 0 Å². The topological polar surface area (TPSA) is 26.3 Å². The molecular formula is C27H40O2. The number of hydrogen-bond acceptors (Lipinski definition) is 2. The van der Waals surface area contributed by atoms with Gasteiger partial charge in [-0.3, -0.25) is 0 Å². The van der Waals surface area contributed by atoms with Crippen LogP contribution < -0.4 is 0 Å². The molecule has 2 aliphatic carbocycles. The summed E-state index contributed by atoms with van der Waals surface area (Å²) in [6, 6.07) is 8.11. The molecule has 0 heterocycles. The first-order chi connectivity index (χ1) is 14.2. The molecule has 2 heteroatoms. The number of ether oxygens (including phenoxy) is 1. The van der Waals surface area contributed by atoms with Crippen LogP contribution in [0.15, 0.2) is 30.3 Å². The molecular weight excluding hydrogens is 356 g/mol. The number of esters is 1. The highest BCUT2D eigenvalue weighted by Crippen LogP contribution is 2.33. The standard InChI is InChI=1S/C27H40O2/c1-3-5-6-8-22-11-19-26(20-12-22)29-27(28)25-17-15-24(16-18-25)23-13-9-21(7-4-2)10-14-23/h13,15-18,21-22,26H,3-12,14,19-20H2,1-2H3/t21?,22-,26-. The smallest absolute Gasteiger partial charge is 0.338 e. The second kappa shape index (κ2) is 11.6. The van der Waals surface area contributed by atoms with E-state index >= 15 is 0 Å². The molecule has 0 aliphatic heterocycles. The van der Waals surface area contributed by atoms with Gasteiger partial charge in [0.05, 0.1) is 5.56 Å². The fourth-order valence-corrected chi connectivity index (χ4v) is 5.08. The summed E-state index contributed by atoms with van der Waals surface area (Å²) in [7, 11) is 0. The highest BCUT2D eigenvalue weighted by Gasteiger charge is 2.24. The first kappa shape index (κ1) is 22.1. The highest BCUT2D eigenvalue weighted by molar-refractivity contribution is 5.90. The van der Waals surface area contributed by atoms with Gasteiger partial charge in [0.25, 0.3) is 0 Å². The van der Waals surface area contributed by atoms with E-state index in [2.05, 4.69) is 32.1 Å². The zero-order valence-electron chi connectivity index (χ0n) is 18.6. The number of allylic oxidation sites excluding steroid dienone is 2. The molecule has 0 spiro atoms. The molecule has 1 aromatic carbocycles. The minimum absolute atomic E-state index is 0.112. The van der Waals surface area contributed by atoms with Crippen molar-refractivity contribution in [2.75, 3.05) is 0 Å². The summed E-state index contributed by atoms with van der Waals surface area (Å²) < 4.78 is 5.82. The fourth-order valence-electron chi connectivity index (χ4n) is 5.08. The summed E-state index contributed by atoms with van der Waals surface area (Å²) in [5.74, 6) is 1.56. The maximum Gasteiger partial charge on any atom is 0.338 e. The molecule has 0 amide bonds. The lowest BCUT2D eigenvalue weighted by Gasteiger charge is -2.28. The Morgan fingerprint density at radius 1 is 0.897 bits per heavy atom. The van der Waals surface area contributed by atoms with Crippen LogP contribution in [0, 0.1) is 11.8 Å². The monoisotopic (exact) mass is 396 g/mol. The molecule has 3 rings (SSSR count). The lowest BCUT2D eigenvalue weighted by molar-refractivity contribution is 0.0161. The Balaban J connectivity index is 1.45. The zero-order chi connectivity index (χ0) is 20.5. The lowest BCUT2D eigenvalue weighted by atomic mass is 9.84. The third kappa shape index (κ3) is 6.73. The summed E-state index contributed by atoms with van der Waals surface area (Å²) >= 11 is 0. The lowest BCUT2D eigenvalue weighted by Crippen LogP contribution is -2.24. The van der Waals surface area contributed by atoms with E-state index in [0.717, 1.165) is 31.1 Å². The molecule has 1 fully saturated rings. The van der Waals surface area contributed by atoms with Gasteiger partial charge < -0.3 is 4.74 Å². The minimum atomic E-state index is -0.147. The third-order valence-corrected chi connectivity index (χ3v) is 6.99. The number of benzene rings is 1. The zero-order valence-corrected chi connectivity index (χ0v) is 18.6. The molecule has 0 N–H and O–H groups in total. The van der Waals surface area contributed by atoms with Crippen LogP contribution in [0.4, 0.5) is 0 Å². The molecule has 0 radical (unpaired) electrons. The van der Waals surface area contributed by atoms with Gasteiger partial charge in [0.1, 0.15) is 6.10 Å². The maximum absolute atomic E-state index is 12.6. The molecule has 2 aliphatic rings. The van der Waals surface area contributed by atoms with E-state index in [1.807, 2.05) is 12.1 Å². The van der Waals surface area contributed by atoms with E-state index in [9.17, 15) is 4.79 Å². The van der Waals surface area contributed by atoms with Crippen molar-refractivity contribution in [3.63, 3.8) is 0 Å². The number of carbonyl (C=O) groups excluding carboxylic acids is 1. The van der Waals surface area contributed by atoms with Gasteiger partial charge in [0, 0.05) is 0 Å². The molecule has 1 atom stereocenters. The third-order valence-electron chi connectivity index (χ3n) is 6.99. The Hall–Kier alpha value is -1.57. The molecule has 0 aromatic heterocycles. The first-order valence-electron chi connectivity index (χ1n) is 12.2. The Kier molecular flexibility index (Phi) is 8.83. The summed E-state index contributed by atoms with van der Waals surface area (Å²) in [5, 5.41) is 0. The van der Waals surface area contributed by atoms with Crippen molar-refractivity contribution in [3.05, 3.63) is 41.5 Å². The number of carbonyl (C=O) groups is 1. The Labute approximate surface area is 178 Å². The van der Waals surface area contributed by atoms with Crippen LogP contribution >= 0.6 is 0 Å². The van der Waals surface area contributed by atoms with Crippen molar-refractivity contribution in [1.82, 2.24) is 0 Å². The highest BCUT2D eigenvalue weighted by atomic mass is 16.5. The van der Waals surface area contributed by atoms with Crippen molar-refractivity contribution in [3.8, 4) is 0 Å². The SMILES string of the molecule is CCCCC[C@H]1CC[C@H](OC(=O)c2ccc(C3=CCC(CCC)CC3)cc2)CC1. The van der Waals surface area contributed by atoms with Gasteiger partial charge in [-0.2, -0.15) is 0 Å². The second-order valence-electron chi connectivity index (χ2n) is 9.28. The number of unbranched alkanes of at least 4 members (excludes halogenated alkanes) is 2. The van der Waals surface area contributed by atoms with Crippen LogP contribution in [0.5, 0.6) is 0 Å². The van der Waals surface area contributed by atoms with Crippen molar-refractivity contribution >= 4 is 11.5 Å². The predicted octanol–water partition coefficient (Wildman–Crippen LogP) is 7.97. The van der Waals surface area contributed by atoms with Crippen molar-refractivity contribution in [2.45, 2.75) is 103 Å². The molecule has 160 valence electrons. The normalized spacial score (nSPS) is 24.8. The summed E-state index contributed by atoms with van der Waals surface area (Å²) in [5.41, 5.74) is 3.40. The molecule has 1 aromatic rings. The fraction of sp³-hybridized carbons (Fsp3) is 0.667. The van der Waals surface area contributed by atoms with Crippen LogP contribution in [0.3, 0.4) is 0 Å². The van der Waals surface area contributed by atoms with Crippen LogP contribution in [-0.2, 0) is 4.74 Å². The summed E-state index contributed by atoms with van der Waals surface area (Å²) in [6.45, 7) is 4.54. The van der Waals surface area contributed by atoms with Crippen LogP contribution in [-0.4, -0.2) is 12.1 Å². The molecule has 0 saturated heterocycles. The molecule has 2 nitrogen and oxygen atoms in total. The average Bonchev–Trinajstić information content (AvgIpc) is 2.76. The predicted molar refractivity (Wildman–Crippen MR) is 122 cm³/mol. The van der Waals surface area contributed by atoms with E-state index in [1.54, 1.807) is 0 Å². The van der Waals surface area contributed by atoms with Gasteiger partial charge in [-0.15, -0.1) is 0 Å². The van der Waals surface area contributed by atoms with Gasteiger partial charge in [0.2, 0.25) is 0 Å². The van der Waals surface area contributed by atoms with E-state index < -0.39 is 0 Å². The largest absolute Gasteiger partial charge is 0.459 e. The maximum atomic E-state index is 12.6. The summed E-state index contributed by atoms with van der Waals surface area (Å²) in [6.07, 6.45) is 18.7. The van der Waals surface area contributed by atoms with Gasteiger partial charge >= 0.3 is 5.97 Å². The number of hydrogen-bond donors (Lipinski definition) is 0. The molecule has 1 unspecified atom stereocenters. The molecule has 1 saturated carbocycles. The van der Waals surface area contributed by atoms with Gasteiger partial charge in [-0.05, 0) is 80.1 Å². The van der Waals surface area contributed by atoms with E-state index in [-0.39, 0.29) is 12.1 Å². The Bertz CT molecular complexity index is 650. The Morgan fingerprint density at radius 2 is 1.66 bits per heavy atom. The van der Waals surface area contributed by atoms with E-state index in [4.69, 9.17) is 4.74 Å². The summed E-state index contributed by atoms with van der Waals surface area (Å²) in [4.78, 5) is 12.6. The Morgan fingerprint density at radius 3 is 2.28 bits per heavy atom. The average molecular weight is 397 g/mol. The van der Waals surface area contributed by atoms with Crippen molar-refractivity contribution < 1.29 is 9.53 Å². The molecule has 29 heavy (non-hydrogen) atoms. The van der Waals surface area contributed by atoms with E-state index in [0.29, 0.717) is 5.56 Å². The van der Waals surface area contributed by atoms with Crippen LogP contribution in [0.2, 0.25) is 0 Å². The van der Waals surface area contributed by atoms with Crippen molar-refractivity contribution in [2.24, 2.45) is 11.8 Å². The van der Waals surface area contributed by atoms with Gasteiger partial charge in [-0.1, -0.05) is 70.6 Å². The molecule has 0 bridgehead atoms. The van der Waals surface area contributed by atoms with Crippen LogP contribution in [0.1, 0.15) is 113 Å². The van der Waals surface area contributed by atoms with Gasteiger partial charge in [0.15, 0.2) is 0 Å². The quantitative estimate of drug-likeness (QED) is 0.312. The minimum Gasteiger partial charge on any atom is -0.459 e. The van der Waals surface area contributed by atoms with Crippen LogP contribution in [0.25, 0.3) is 5.57 Å². The van der Waals surface area contributed by atoms with Gasteiger partial charge in [-0.25, -0.2) is 4.79 Å². The van der Waals surface area contributed by atoms with E-state index in [1.165, 1.54) is 75.3 Å². The first-order valence-corrected chi connectivity index (χ1v) is 12.2. The second-order valence-corrected chi connectivity index (χ2v) is 9.28. The number of rotatable bonds is 9.